The maximum atomic E-state index is 5.10. The Morgan fingerprint density at radius 1 is 1.75 bits per heavy atom. The first-order valence-corrected chi connectivity index (χ1v) is 4.42. The van der Waals surface area contributed by atoms with E-state index >= 15 is 0 Å². The molecule has 1 aliphatic rings. The van der Waals surface area contributed by atoms with Crippen LogP contribution in [0.1, 0.15) is 0 Å². The van der Waals surface area contributed by atoms with Gasteiger partial charge >= 0.3 is 0 Å². The van der Waals surface area contributed by atoms with Gasteiger partial charge in [0.05, 0.1) is 0 Å². The summed E-state index contributed by atoms with van der Waals surface area (Å²) in [6.07, 6.45) is 3.67. The minimum Gasteiger partial charge on any atom is -0.304 e. The van der Waals surface area contributed by atoms with Crippen LogP contribution in [0.4, 0.5) is 0 Å². The minimum absolute atomic E-state index is 0.0492. The predicted molar refractivity (Wildman–Crippen MR) is 44.0 cm³/mol. The van der Waals surface area contributed by atoms with Crippen LogP contribution >= 0.6 is 20.7 Å². The molecule has 0 unspecified atom stereocenters. The molecule has 3 nitrogen and oxygen atoms in total. The fraction of sp³-hybridized carbons (Fsp3) is 0. The topological polar surface area (TPSA) is 50.4 Å². The largest absolute Gasteiger partial charge is 0.304 e. The van der Waals surface area contributed by atoms with Crippen molar-refractivity contribution in [1.29, 1.82) is 0 Å². The number of hydrogen-bond acceptors (Lipinski definition) is 3. The van der Waals surface area contributed by atoms with Crippen molar-refractivity contribution in [2.75, 3.05) is 0 Å². The van der Waals surface area contributed by atoms with E-state index < -0.39 is 0 Å². The summed E-state index contributed by atoms with van der Waals surface area (Å²) in [5.41, 5.74) is 2.52. The van der Waals surface area contributed by atoms with Crippen LogP contribution in [0.15, 0.2) is 17.3 Å². The molecule has 8 heavy (non-hydrogen) atoms. The molecule has 0 saturated carbocycles. The smallest absolute Gasteiger partial charge is 0.172 e. The molecule has 1 aliphatic heterocycles. The van der Waals surface area contributed by atoms with E-state index in [0.717, 1.165) is 3.84 Å². The van der Waals surface area contributed by atoms with Crippen LogP contribution < -0.4 is 11.3 Å². The molecule has 0 aromatic rings. The van der Waals surface area contributed by atoms with Crippen LogP contribution in [0.3, 0.4) is 0 Å². The lowest BCUT2D eigenvalue weighted by Crippen LogP contribution is -2.26. The van der Waals surface area contributed by atoms with Gasteiger partial charge in [0, 0.05) is 6.20 Å². The van der Waals surface area contributed by atoms with E-state index in [-0.39, 0.29) is 20.7 Å². The van der Waals surface area contributed by atoms with Crippen molar-refractivity contribution in [3.05, 3.63) is 12.3 Å². The molecule has 1 rings (SSSR count). The van der Waals surface area contributed by atoms with Crippen LogP contribution in [0.25, 0.3) is 0 Å². The van der Waals surface area contributed by atoms with Crippen molar-refractivity contribution >= 4 is 28.6 Å². The fourth-order valence-electron chi connectivity index (χ4n) is 0.334. The first-order valence-electron chi connectivity index (χ1n) is 2.09. The number of nitrogens with zero attached hydrogens (tertiary/aromatic N) is 1. The first kappa shape index (κ1) is 5.90. The van der Waals surface area contributed by atoms with Crippen LogP contribution in [0, 0.1) is 0 Å². The number of amidine groups is 1. The molecule has 0 amide bonds. The number of allylic oxidation sites excluding steroid dienone is 1. The van der Waals surface area contributed by atoms with Crippen molar-refractivity contribution in [3.63, 3.8) is 0 Å². The van der Waals surface area contributed by atoms with E-state index in [9.17, 15) is 0 Å². The molecule has 0 atom stereocenters. The van der Waals surface area contributed by atoms with Gasteiger partial charge in [0.15, 0.2) is 3.84 Å². The van der Waals surface area contributed by atoms with E-state index in [4.69, 9.17) is 5.84 Å². The molecule has 4 heteroatoms. The molecule has 0 fully saturated rings. The number of hydrogen-bond donors (Lipinski definition) is 2. The molecule has 0 aromatic carbocycles. The average Bonchev–Trinajstić information content (AvgIpc) is 1.90. The summed E-state index contributed by atoms with van der Waals surface area (Å²) in [6.45, 7) is 0. The number of hydrazine groups is 1. The quantitative estimate of drug-likeness (QED) is 0.265. The van der Waals surface area contributed by atoms with Gasteiger partial charge in [-0.05, 0) is 30.8 Å². The van der Waals surface area contributed by atoms with Gasteiger partial charge in [-0.25, -0.2) is 10.8 Å². The monoisotopic (exact) mass is 223 g/mol. The molecule has 0 bridgehead atoms. The summed E-state index contributed by atoms with van der Waals surface area (Å²) in [4.78, 5) is 3.97. The number of halogens is 1. The Morgan fingerprint density at radius 3 is 3.00 bits per heavy atom. The SMILES string of the molecule is NNC1=NC=CC=I1. The van der Waals surface area contributed by atoms with E-state index in [2.05, 4.69) is 14.4 Å². The van der Waals surface area contributed by atoms with Crippen molar-refractivity contribution in [3.8, 4) is 0 Å². The summed E-state index contributed by atoms with van der Waals surface area (Å²) in [7, 11) is 0. The lowest BCUT2D eigenvalue weighted by atomic mass is 10.7. The zero-order valence-corrected chi connectivity index (χ0v) is 6.29. The summed E-state index contributed by atoms with van der Waals surface area (Å²) < 4.78 is 3.02. The Morgan fingerprint density at radius 2 is 2.62 bits per heavy atom. The van der Waals surface area contributed by atoms with E-state index in [1.165, 1.54) is 0 Å². The van der Waals surface area contributed by atoms with Gasteiger partial charge in [-0.2, -0.15) is 0 Å². The molecular weight excluding hydrogens is 217 g/mol. The number of aliphatic imine (C=N–C) groups is 1. The standard InChI is InChI=1S/C4H6IN3/c6-8-4-5-2-1-3-7-4/h1-3H,6H2,(H,7,8). The first-order chi connectivity index (χ1) is 3.93. The molecule has 0 saturated heterocycles. The summed E-state index contributed by atoms with van der Waals surface area (Å²) in [5, 5.41) is 0. The lowest BCUT2D eigenvalue weighted by Gasteiger charge is -1.96. The second-order valence-corrected chi connectivity index (χ2v) is 3.50. The Balaban J connectivity index is 2.68. The fourth-order valence-corrected chi connectivity index (χ4v) is 1.57. The Kier molecular flexibility index (Phi) is 2.16. The third-order valence-corrected chi connectivity index (χ3v) is 2.59. The number of nitrogens with two attached hydrogens (primary N) is 1. The van der Waals surface area contributed by atoms with E-state index in [1.54, 1.807) is 6.20 Å². The summed E-state index contributed by atoms with van der Waals surface area (Å²) >= 11 is -0.0492. The second kappa shape index (κ2) is 2.93. The Labute approximate surface area is 57.4 Å². The lowest BCUT2D eigenvalue weighted by molar-refractivity contribution is 1.05. The van der Waals surface area contributed by atoms with Gasteiger partial charge in [-0.3, -0.25) is 0 Å². The highest BCUT2D eigenvalue weighted by molar-refractivity contribution is 14.2. The van der Waals surface area contributed by atoms with Crippen molar-refractivity contribution in [2.24, 2.45) is 10.8 Å². The maximum Gasteiger partial charge on any atom is 0.172 e. The molecule has 44 valence electrons. The van der Waals surface area contributed by atoms with Gasteiger partial charge < -0.3 is 5.43 Å². The van der Waals surface area contributed by atoms with Crippen molar-refractivity contribution in [1.82, 2.24) is 5.43 Å². The maximum absolute atomic E-state index is 5.10. The van der Waals surface area contributed by atoms with Gasteiger partial charge in [0.25, 0.3) is 0 Å². The van der Waals surface area contributed by atoms with E-state index in [1.807, 2.05) is 6.08 Å². The zero-order chi connectivity index (χ0) is 5.82. The Hall–Kier alpha value is -0.230. The van der Waals surface area contributed by atoms with Gasteiger partial charge in [0.1, 0.15) is 0 Å². The average molecular weight is 223 g/mol. The second-order valence-electron chi connectivity index (χ2n) is 1.14. The molecule has 0 aromatic heterocycles. The number of rotatable bonds is 0. The van der Waals surface area contributed by atoms with Crippen molar-refractivity contribution < 1.29 is 0 Å². The van der Waals surface area contributed by atoms with Crippen LogP contribution in [-0.2, 0) is 0 Å². The van der Waals surface area contributed by atoms with Crippen molar-refractivity contribution in [2.45, 2.75) is 0 Å². The highest BCUT2D eigenvalue weighted by Crippen LogP contribution is 2.00. The molecule has 1 heterocycles. The van der Waals surface area contributed by atoms with Gasteiger partial charge in [-0.15, -0.1) is 0 Å². The highest BCUT2D eigenvalue weighted by Gasteiger charge is 1.87. The van der Waals surface area contributed by atoms with Gasteiger partial charge in [0.2, 0.25) is 0 Å². The van der Waals surface area contributed by atoms with Crippen LogP contribution in [0.2, 0.25) is 0 Å². The summed E-state index contributed by atoms with van der Waals surface area (Å²) in [6, 6.07) is 0. The van der Waals surface area contributed by atoms with Crippen LogP contribution in [-0.4, -0.2) is 7.85 Å². The predicted octanol–water partition coefficient (Wildman–Crippen LogP) is 0.106. The van der Waals surface area contributed by atoms with Crippen LogP contribution in [0.5, 0.6) is 0 Å². The van der Waals surface area contributed by atoms with Gasteiger partial charge in [-0.1, -0.05) is 0 Å². The zero-order valence-electron chi connectivity index (χ0n) is 4.13. The number of nitrogens with one attached hydrogen (secondary N) is 1. The molecule has 0 spiro atoms. The normalized spacial score (nSPS) is 16.9. The molecule has 0 radical (unpaired) electrons. The highest BCUT2D eigenvalue weighted by atomic mass is 127. The van der Waals surface area contributed by atoms with E-state index in [0.29, 0.717) is 0 Å². The molecular formula is C4H6IN3. The Bertz CT molecular complexity index is 159. The minimum atomic E-state index is -0.0492. The molecule has 0 aliphatic carbocycles. The third-order valence-electron chi connectivity index (χ3n) is 0.632. The third kappa shape index (κ3) is 1.38. The molecule has 3 N–H and O–H groups in total. The summed E-state index contributed by atoms with van der Waals surface area (Å²) in [5.74, 6) is 5.10.